The van der Waals surface area contributed by atoms with Gasteiger partial charge in [0.25, 0.3) is 5.91 Å². The highest BCUT2D eigenvalue weighted by Gasteiger charge is 2.17. The van der Waals surface area contributed by atoms with Gasteiger partial charge in [-0.1, -0.05) is 13.8 Å². The summed E-state index contributed by atoms with van der Waals surface area (Å²) in [6, 6.07) is 4.93. The van der Waals surface area contributed by atoms with E-state index in [1.807, 2.05) is 20.8 Å². The first-order valence-corrected chi connectivity index (χ1v) is 8.74. The monoisotopic (exact) mass is 363 g/mol. The Balaban J connectivity index is 1.75. The molecule has 142 valence electrons. The molecule has 0 bridgehead atoms. The normalized spacial score (nSPS) is 13.8. The fourth-order valence-corrected chi connectivity index (χ4v) is 2.26. The van der Waals surface area contributed by atoms with Gasteiger partial charge < -0.3 is 19.5 Å². The standard InChI is InChI=1S/C19H25NO6/c1-12(2)13(3)20-18(22)11-26-19(23)7-5-15(21)14-4-6-16-17(10-14)25-9-8-24-16/h4,6,10,12-13H,5,7-9,11H2,1-3H3,(H,20,22)/t13-/m0/s1. The van der Waals surface area contributed by atoms with Gasteiger partial charge in [0.1, 0.15) is 13.2 Å². The minimum atomic E-state index is -0.580. The first-order valence-electron chi connectivity index (χ1n) is 8.74. The molecule has 0 unspecified atom stereocenters. The summed E-state index contributed by atoms with van der Waals surface area (Å²) in [6.45, 7) is 6.44. The second-order valence-corrected chi connectivity index (χ2v) is 6.54. The molecule has 0 radical (unpaired) electrons. The molecule has 7 heteroatoms. The summed E-state index contributed by atoms with van der Waals surface area (Å²) in [5.74, 6) is 0.297. The number of hydrogen-bond acceptors (Lipinski definition) is 6. The number of amides is 1. The number of Topliss-reactive ketones (excluding diaryl/α,β-unsaturated/α-hetero) is 1. The molecule has 7 nitrogen and oxygen atoms in total. The lowest BCUT2D eigenvalue weighted by Crippen LogP contribution is -2.38. The number of carbonyl (C=O) groups is 3. The van der Waals surface area contributed by atoms with Crippen molar-refractivity contribution in [2.45, 2.75) is 39.7 Å². The molecular formula is C19H25NO6. The third kappa shape index (κ3) is 5.75. The maximum Gasteiger partial charge on any atom is 0.306 e. The number of carbonyl (C=O) groups excluding carboxylic acids is 3. The van der Waals surface area contributed by atoms with Crippen LogP contribution in [0.25, 0.3) is 0 Å². The number of benzene rings is 1. The Morgan fingerprint density at radius 3 is 2.46 bits per heavy atom. The molecule has 1 aliphatic rings. The molecule has 1 aromatic carbocycles. The fraction of sp³-hybridized carbons (Fsp3) is 0.526. The van der Waals surface area contributed by atoms with Crippen LogP contribution in [0.5, 0.6) is 11.5 Å². The predicted octanol–water partition coefficient (Wildman–Crippen LogP) is 2.12. The molecule has 0 fully saturated rings. The lowest BCUT2D eigenvalue weighted by molar-refractivity contribution is -0.148. The minimum Gasteiger partial charge on any atom is -0.486 e. The van der Waals surface area contributed by atoms with Crippen LogP contribution in [0.2, 0.25) is 0 Å². The number of nitrogens with one attached hydrogen (secondary N) is 1. The maximum absolute atomic E-state index is 12.2. The molecule has 0 spiro atoms. The van der Waals surface area contributed by atoms with Gasteiger partial charge in [0.05, 0.1) is 6.42 Å². The number of rotatable bonds is 8. The smallest absolute Gasteiger partial charge is 0.306 e. The summed E-state index contributed by atoms with van der Waals surface area (Å²) in [6.07, 6.45) is -0.0806. The second kappa shape index (κ2) is 9.22. The summed E-state index contributed by atoms with van der Waals surface area (Å²) in [7, 11) is 0. The minimum absolute atomic E-state index is 0.00186. The van der Waals surface area contributed by atoms with E-state index in [0.717, 1.165) is 0 Å². The Morgan fingerprint density at radius 1 is 1.08 bits per heavy atom. The number of hydrogen-bond donors (Lipinski definition) is 1. The summed E-state index contributed by atoms with van der Waals surface area (Å²) in [4.78, 5) is 35.6. The fourth-order valence-electron chi connectivity index (χ4n) is 2.26. The molecule has 26 heavy (non-hydrogen) atoms. The van der Waals surface area contributed by atoms with E-state index in [0.29, 0.717) is 36.2 Å². The molecule has 2 rings (SSSR count). The molecular weight excluding hydrogens is 338 g/mol. The lowest BCUT2D eigenvalue weighted by atomic mass is 10.1. The van der Waals surface area contributed by atoms with E-state index in [9.17, 15) is 14.4 Å². The van der Waals surface area contributed by atoms with Crippen LogP contribution in [0.4, 0.5) is 0 Å². The largest absolute Gasteiger partial charge is 0.486 e. The van der Waals surface area contributed by atoms with Crippen LogP contribution in [0.1, 0.15) is 44.0 Å². The quantitative estimate of drug-likeness (QED) is 0.562. The molecule has 1 atom stereocenters. The Hall–Kier alpha value is -2.57. The van der Waals surface area contributed by atoms with Crippen molar-refractivity contribution in [3.63, 3.8) is 0 Å². The molecule has 0 saturated heterocycles. The number of esters is 1. The van der Waals surface area contributed by atoms with E-state index >= 15 is 0 Å². The molecule has 0 aromatic heterocycles. The SMILES string of the molecule is CC(C)[C@H](C)NC(=O)COC(=O)CCC(=O)c1ccc2c(c1)OCCO2. The Bertz CT molecular complexity index is 670. The zero-order valence-corrected chi connectivity index (χ0v) is 15.4. The van der Waals surface area contributed by atoms with Crippen molar-refractivity contribution in [1.29, 1.82) is 0 Å². The van der Waals surface area contributed by atoms with Gasteiger partial charge in [-0.2, -0.15) is 0 Å². The van der Waals surface area contributed by atoms with Crippen molar-refractivity contribution >= 4 is 17.7 Å². The summed E-state index contributed by atoms with van der Waals surface area (Å²) < 4.78 is 15.8. The van der Waals surface area contributed by atoms with E-state index < -0.39 is 5.97 Å². The Labute approximate surface area is 153 Å². The van der Waals surface area contributed by atoms with Crippen molar-refractivity contribution in [3.8, 4) is 11.5 Å². The van der Waals surface area contributed by atoms with E-state index in [2.05, 4.69) is 5.32 Å². The van der Waals surface area contributed by atoms with Gasteiger partial charge in [0.15, 0.2) is 23.9 Å². The van der Waals surface area contributed by atoms with Crippen molar-refractivity contribution in [1.82, 2.24) is 5.32 Å². The predicted molar refractivity (Wildman–Crippen MR) is 94.4 cm³/mol. The van der Waals surface area contributed by atoms with E-state index in [4.69, 9.17) is 14.2 Å². The molecule has 1 amide bonds. The zero-order valence-electron chi connectivity index (χ0n) is 15.4. The van der Waals surface area contributed by atoms with Crippen molar-refractivity contribution < 1.29 is 28.6 Å². The van der Waals surface area contributed by atoms with Crippen LogP contribution in [-0.4, -0.2) is 43.5 Å². The van der Waals surface area contributed by atoms with Crippen LogP contribution in [-0.2, 0) is 14.3 Å². The summed E-state index contributed by atoms with van der Waals surface area (Å²) in [5.41, 5.74) is 0.450. The van der Waals surface area contributed by atoms with Crippen LogP contribution < -0.4 is 14.8 Å². The maximum atomic E-state index is 12.2. The summed E-state index contributed by atoms with van der Waals surface area (Å²) >= 11 is 0. The molecule has 0 aliphatic carbocycles. The molecule has 0 saturated carbocycles. The van der Waals surface area contributed by atoms with Crippen LogP contribution in [0.3, 0.4) is 0 Å². The van der Waals surface area contributed by atoms with Crippen LogP contribution >= 0.6 is 0 Å². The second-order valence-electron chi connectivity index (χ2n) is 6.54. The van der Waals surface area contributed by atoms with Gasteiger partial charge in [-0.25, -0.2) is 0 Å². The molecule has 1 aliphatic heterocycles. The third-order valence-electron chi connectivity index (χ3n) is 4.17. The van der Waals surface area contributed by atoms with E-state index in [1.54, 1.807) is 18.2 Å². The lowest BCUT2D eigenvalue weighted by Gasteiger charge is -2.18. The highest BCUT2D eigenvalue weighted by Crippen LogP contribution is 2.31. The highest BCUT2D eigenvalue weighted by atomic mass is 16.6. The van der Waals surface area contributed by atoms with Gasteiger partial charge in [-0.05, 0) is 31.0 Å². The van der Waals surface area contributed by atoms with E-state index in [1.165, 1.54) is 0 Å². The summed E-state index contributed by atoms with van der Waals surface area (Å²) in [5, 5.41) is 2.75. The molecule has 1 N–H and O–H groups in total. The van der Waals surface area contributed by atoms with Crippen LogP contribution in [0.15, 0.2) is 18.2 Å². The van der Waals surface area contributed by atoms with E-state index in [-0.39, 0.29) is 37.2 Å². The number of ether oxygens (including phenoxy) is 3. The van der Waals surface area contributed by atoms with Gasteiger partial charge in [-0.15, -0.1) is 0 Å². The van der Waals surface area contributed by atoms with Gasteiger partial charge in [0.2, 0.25) is 0 Å². The average molecular weight is 363 g/mol. The average Bonchev–Trinajstić information content (AvgIpc) is 2.63. The zero-order chi connectivity index (χ0) is 19.1. The number of ketones is 1. The van der Waals surface area contributed by atoms with Crippen molar-refractivity contribution in [2.24, 2.45) is 5.92 Å². The molecule has 1 aromatic rings. The van der Waals surface area contributed by atoms with Gasteiger partial charge in [-0.3, -0.25) is 14.4 Å². The Morgan fingerprint density at radius 2 is 1.77 bits per heavy atom. The van der Waals surface area contributed by atoms with Crippen molar-refractivity contribution in [2.75, 3.05) is 19.8 Å². The Kier molecular flexibility index (Phi) is 7.00. The highest BCUT2D eigenvalue weighted by molar-refractivity contribution is 5.98. The molecule has 1 heterocycles. The van der Waals surface area contributed by atoms with Crippen LogP contribution in [0, 0.1) is 5.92 Å². The van der Waals surface area contributed by atoms with Crippen molar-refractivity contribution in [3.05, 3.63) is 23.8 Å². The topological polar surface area (TPSA) is 90.9 Å². The number of fused-ring (bicyclic) bond motifs is 1. The first-order chi connectivity index (χ1) is 12.4. The third-order valence-corrected chi connectivity index (χ3v) is 4.17. The van der Waals surface area contributed by atoms with Gasteiger partial charge in [0, 0.05) is 18.0 Å². The van der Waals surface area contributed by atoms with Gasteiger partial charge >= 0.3 is 5.97 Å². The first kappa shape index (κ1) is 19.8.